The summed E-state index contributed by atoms with van der Waals surface area (Å²) in [6.07, 6.45) is 0.685. The number of fused-ring (bicyclic) bond motifs is 1. The molecule has 0 spiro atoms. The van der Waals surface area contributed by atoms with Crippen LogP contribution in [0.1, 0.15) is 17.5 Å². The summed E-state index contributed by atoms with van der Waals surface area (Å²) < 4.78 is 0. The van der Waals surface area contributed by atoms with Crippen molar-refractivity contribution in [3.8, 4) is 0 Å². The van der Waals surface area contributed by atoms with Gasteiger partial charge in [0, 0.05) is 24.5 Å². The van der Waals surface area contributed by atoms with E-state index in [1.165, 1.54) is 0 Å². The molecule has 3 aromatic rings. The first-order chi connectivity index (χ1) is 13.2. The van der Waals surface area contributed by atoms with Gasteiger partial charge in [-0.2, -0.15) is 4.98 Å². The molecule has 0 fully saturated rings. The first-order valence-corrected chi connectivity index (χ1v) is 9.06. The number of nitrogens with one attached hydrogen (secondary N) is 3. The minimum atomic E-state index is -0.281. The number of halogens is 1. The standard InChI is InChI=1S/C20H18ClN5O/c21-15-8-6-14(7-9-15)16-10-11-22-18-17(24-16)19(27)26-20(25-18)23-12-13-4-2-1-3-5-13/h1-9H,10-12H2,(H3,22,23,25,26,27). The van der Waals surface area contributed by atoms with E-state index in [1.54, 1.807) is 0 Å². The number of aromatic nitrogens is 2. The Hall–Kier alpha value is -3.12. The highest BCUT2D eigenvalue weighted by molar-refractivity contribution is 6.30. The molecule has 4 rings (SSSR count). The largest absolute Gasteiger partial charge is 0.368 e. The van der Waals surface area contributed by atoms with Crippen LogP contribution in [-0.2, 0) is 6.54 Å². The van der Waals surface area contributed by atoms with Gasteiger partial charge < -0.3 is 10.6 Å². The molecule has 1 aliphatic heterocycles. The van der Waals surface area contributed by atoms with Gasteiger partial charge >= 0.3 is 0 Å². The number of aliphatic imine (C=N–C) groups is 1. The summed E-state index contributed by atoms with van der Waals surface area (Å²) in [6, 6.07) is 17.4. The number of nitrogens with zero attached hydrogens (tertiary/aromatic N) is 2. The van der Waals surface area contributed by atoms with E-state index in [2.05, 4.69) is 25.6 Å². The average Bonchev–Trinajstić information content (AvgIpc) is 2.91. The Kier molecular flexibility index (Phi) is 4.89. The van der Waals surface area contributed by atoms with Gasteiger partial charge in [0.25, 0.3) is 5.56 Å². The molecule has 0 saturated carbocycles. The number of aromatic amines is 1. The molecule has 0 atom stereocenters. The van der Waals surface area contributed by atoms with E-state index in [-0.39, 0.29) is 5.56 Å². The van der Waals surface area contributed by atoms with Gasteiger partial charge in [-0.05, 0) is 23.3 Å². The summed E-state index contributed by atoms with van der Waals surface area (Å²) in [7, 11) is 0. The quantitative estimate of drug-likeness (QED) is 0.640. The highest BCUT2D eigenvalue weighted by Crippen LogP contribution is 2.24. The summed E-state index contributed by atoms with van der Waals surface area (Å²) in [5.41, 5.74) is 2.89. The molecular formula is C20H18ClN5O. The van der Waals surface area contributed by atoms with Crippen LogP contribution in [0.15, 0.2) is 64.4 Å². The fraction of sp³-hybridized carbons (Fsp3) is 0.150. The number of rotatable bonds is 4. The van der Waals surface area contributed by atoms with E-state index in [0.717, 1.165) is 16.8 Å². The highest BCUT2D eigenvalue weighted by atomic mass is 35.5. The molecule has 6 nitrogen and oxygen atoms in total. The van der Waals surface area contributed by atoms with Crippen LogP contribution >= 0.6 is 11.6 Å². The number of anilines is 2. The van der Waals surface area contributed by atoms with Crippen LogP contribution in [0.5, 0.6) is 0 Å². The van der Waals surface area contributed by atoms with Crippen molar-refractivity contribution in [1.29, 1.82) is 0 Å². The number of hydrogen-bond donors (Lipinski definition) is 3. The Bertz CT molecular complexity index is 1030. The normalized spacial score (nSPS) is 13.1. The molecule has 0 amide bonds. The first kappa shape index (κ1) is 17.3. The second kappa shape index (κ2) is 7.63. The first-order valence-electron chi connectivity index (χ1n) is 8.68. The third kappa shape index (κ3) is 4.01. The van der Waals surface area contributed by atoms with Crippen molar-refractivity contribution in [3.05, 3.63) is 81.1 Å². The molecular weight excluding hydrogens is 362 g/mol. The maximum absolute atomic E-state index is 12.6. The van der Waals surface area contributed by atoms with E-state index in [4.69, 9.17) is 11.6 Å². The molecule has 136 valence electrons. The summed E-state index contributed by atoms with van der Waals surface area (Å²) in [5.74, 6) is 0.901. The van der Waals surface area contributed by atoms with E-state index < -0.39 is 0 Å². The van der Waals surface area contributed by atoms with Crippen LogP contribution in [0.3, 0.4) is 0 Å². The van der Waals surface area contributed by atoms with Crippen LogP contribution in [0.2, 0.25) is 5.02 Å². The summed E-state index contributed by atoms with van der Waals surface area (Å²) >= 11 is 5.96. The van der Waals surface area contributed by atoms with Crippen molar-refractivity contribution in [1.82, 2.24) is 9.97 Å². The van der Waals surface area contributed by atoms with Crippen molar-refractivity contribution in [2.45, 2.75) is 13.0 Å². The van der Waals surface area contributed by atoms with E-state index in [9.17, 15) is 4.79 Å². The molecule has 0 radical (unpaired) electrons. The van der Waals surface area contributed by atoms with Gasteiger partial charge in [0.1, 0.15) is 0 Å². The van der Waals surface area contributed by atoms with Gasteiger partial charge in [0.15, 0.2) is 11.5 Å². The number of hydrogen-bond acceptors (Lipinski definition) is 5. The molecule has 2 aromatic carbocycles. The van der Waals surface area contributed by atoms with Crippen LogP contribution < -0.4 is 16.2 Å². The van der Waals surface area contributed by atoms with Gasteiger partial charge in [0.05, 0.1) is 5.71 Å². The second-order valence-corrected chi connectivity index (χ2v) is 6.63. The predicted molar refractivity (Wildman–Crippen MR) is 109 cm³/mol. The Labute approximate surface area is 161 Å². The SMILES string of the molecule is O=c1[nH]c(NCc2ccccc2)nc2c1N=C(c1ccc(Cl)cc1)CCN2. The van der Waals surface area contributed by atoms with E-state index in [0.29, 0.717) is 42.0 Å². The van der Waals surface area contributed by atoms with Gasteiger partial charge in [-0.15, -0.1) is 0 Å². The van der Waals surface area contributed by atoms with Gasteiger partial charge in [0.2, 0.25) is 5.95 Å². The predicted octanol–water partition coefficient (Wildman–Crippen LogP) is 3.97. The van der Waals surface area contributed by atoms with Gasteiger partial charge in [-0.3, -0.25) is 9.78 Å². The minimum Gasteiger partial charge on any atom is -0.368 e. The molecule has 0 aliphatic carbocycles. The van der Waals surface area contributed by atoms with E-state index in [1.807, 2.05) is 54.6 Å². The smallest absolute Gasteiger partial charge is 0.280 e. The third-order valence-corrected chi connectivity index (χ3v) is 4.53. The minimum absolute atomic E-state index is 0.281. The summed E-state index contributed by atoms with van der Waals surface area (Å²) in [6.45, 7) is 1.21. The maximum atomic E-state index is 12.6. The fourth-order valence-electron chi connectivity index (χ4n) is 2.90. The van der Waals surface area contributed by atoms with E-state index >= 15 is 0 Å². The second-order valence-electron chi connectivity index (χ2n) is 6.19. The lowest BCUT2D eigenvalue weighted by Gasteiger charge is -2.09. The van der Waals surface area contributed by atoms with Crippen LogP contribution in [0, 0.1) is 0 Å². The topological polar surface area (TPSA) is 82.2 Å². The zero-order valence-corrected chi connectivity index (χ0v) is 15.3. The Balaban J connectivity index is 1.62. The molecule has 1 aromatic heterocycles. The molecule has 0 unspecified atom stereocenters. The average molecular weight is 380 g/mol. The third-order valence-electron chi connectivity index (χ3n) is 4.28. The highest BCUT2D eigenvalue weighted by Gasteiger charge is 2.16. The van der Waals surface area contributed by atoms with Gasteiger partial charge in [-0.1, -0.05) is 54.1 Å². The summed E-state index contributed by atoms with van der Waals surface area (Å²) in [5, 5.41) is 7.02. The lowest BCUT2D eigenvalue weighted by atomic mass is 10.1. The Morgan fingerprint density at radius 2 is 1.85 bits per heavy atom. The molecule has 3 N–H and O–H groups in total. The van der Waals surface area contributed by atoms with Crippen molar-refractivity contribution >= 4 is 34.8 Å². The molecule has 0 saturated heterocycles. The number of benzene rings is 2. The van der Waals surface area contributed by atoms with Crippen molar-refractivity contribution in [2.75, 3.05) is 17.2 Å². The Morgan fingerprint density at radius 3 is 2.63 bits per heavy atom. The fourth-order valence-corrected chi connectivity index (χ4v) is 3.03. The van der Waals surface area contributed by atoms with Crippen LogP contribution in [0.4, 0.5) is 17.5 Å². The maximum Gasteiger partial charge on any atom is 0.280 e. The molecule has 27 heavy (non-hydrogen) atoms. The lowest BCUT2D eigenvalue weighted by molar-refractivity contribution is 1.02. The monoisotopic (exact) mass is 379 g/mol. The van der Waals surface area contributed by atoms with Crippen molar-refractivity contribution in [2.24, 2.45) is 4.99 Å². The molecule has 7 heteroatoms. The molecule has 1 aliphatic rings. The zero-order valence-electron chi connectivity index (χ0n) is 14.5. The Morgan fingerprint density at radius 1 is 1.07 bits per heavy atom. The number of H-pyrrole nitrogens is 1. The van der Waals surface area contributed by atoms with Gasteiger partial charge in [-0.25, -0.2) is 4.99 Å². The summed E-state index contributed by atoms with van der Waals surface area (Å²) in [4.78, 5) is 24.4. The van der Waals surface area contributed by atoms with Crippen molar-refractivity contribution < 1.29 is 0 Å². The van der Waals surface area contributed by atoms with Crippen LogP contribution in [0.25, 0.3) is 0 Å². The molecule has 2 heterocycles. The van der Waals surface area contributed by atoms with Crippen LogP contribution in [-0.4, -0.2) is 22.2 Å². The van der Waals surface area contributed by atoms with Crippen molar-refractivity contribution in [3.63, 3.8) is 0 Å². The zero-order chi connectivity index (χ0) is 18.6. The lowest BCUT2D eigenvalue weighted by Crippen LogP contribution is -2.15. The molecule has 0 bridgehead atoms.